The molecule has 2 aromatic rings. The van der Waals surface area contributed by atoms with E-state index in [2.05, 4.69) is 45.0 Å². The topological polar surface area (TPSA) is 25.0 Å². The first-order chi connectivity index (χ1) is 11.1. The van der Waals surface area contributed by atoms with Gasteiger partial charge in [-0.3, -0.25) is 0 Å². The van der Waals surface area contributed by atoms with Gasteiger partial charge in [0.15, 0.2) is 5.69 Å². The van der Waals surface area contributed by atoms with Crippen LogP contribution in [0, 0.1) is 0 Å². The van der Waals surface area contributed by atoms with E-state index >= 15 is 0 Å². The number of nitrogens with zero attached hydrogens (tertiary/aromatic N) is 2. The van der Waals surface area contributed by atoms with Gasteiger partial charge in [0.1, 0.15) is 20.8 Å². The van der Waals surface area contributed by atoms with Crippen molar-refractivity contribution in [3.8, 4) is 0 Å². The third-order valence-corrected chi connectivity index (χ3v) is 10.9. The molecule has 0 N–H and O–H groups in total. The molecule has 0 spiro atoms. The quantitative estimate of drug-likeness (QED) is 0.585. The lowest BCUT2D eigenvalue weighted by Gasteiger charge is -2.25. The molecule has 3 rings (SSSR count). The lowest BCUT2D eigenvalue weighted by Crippen LogP contribution is -2.51. The summed E-state index contributed by atoms with van der Waals surface area (Å²) in [6.45, 7) is 7.48. The largest absolute Gasteiger partial charge is 0.503 e. The minimum Gasteiger partial charge on any atom is -0.196 e. The summed E-state index contributed by atoms with van der Waals surface area (Å²) in [5, 5.41) is 1.30. The number of benzene rings is 1. The fourth-order valence-electron chi connectivity index (χ4n) is 3.71. The number of aromatic nitrogens is 1. The fourth-order valence-corrected chi connectivity index (χ4v) is 7.43. The highest BCUT2D eigenvalue weighted by Crippen LogP contribution is 2.22. The van der Waals surface area contributed by atoms with Crippen molar-refractivity contribution in [3.63, 3.8) is 0 Å². The molecule has 0 radical (unpaired) electrons. The van der Waals surface area contributed by atoms with Crippen LogP contribution in [0.4, 0.5) is 4.79 Å². The summed E-state index contributed by atoms with van der Waals surface area (Å²) in [5.41, 5.74) is 2.20. The van der Waals surface area contributed by atoms with E-state index < -0.39 is 8.07 Å². The predicted molar refractivity (Wildman–Crippen MR) is 97.6 cm³/mol. The molecule has 0 atom stereocenters. The van der Waals surface area contributed by atoms with Crippen LogP contribution in [-0.4, -0.2) is 29.5 Å². The van der Waals surface area contributed by atoms with Gasteiger partial charge in [0, 0.05) is 0 Å². The maximum absolute atomic E-state index is 13.0. The van der Waals surface area contributed by atoms with Crippen molar-refractivity contribution >= 4 is 25.6 Å². The standard InChI is InChI=1S/C19H25N2OSi/c1-4-23(5-2,6-3)18-13-12-17-15-20(19(22)21(17)18)14-16-10-8-7-9-11-16/h7-13,15H,4-6,14H2,1-3H3/q+1. The van der Waals surface area contributed by atoms with Crippen molar-refractivity contribution in [2.24, 2.45) is 0 Å². The minimum absolute atomic E-state index is 0.107. The molecular formula is C19H25N2OSi+. The molecule has 23 heavy (non-hydrogen) atoms. The van der Waals surface area contributed by atoms with Crippen LogP contribution >= 0.6 is 0 Å². The number of hydrogen-bond acceptors (Lipinski definition) is 1. The normalized spacial score (nSPS) is 14.0. The van der Waals surface area contributed by atoms with Crippen LogP contribution in [0.15, 0.2) is 42.5 Å². The lowest BCUT2D eigenvalue weighted by molar-refractivity contribution is -0.436. The van der Waals surface area contributed by atoms with Gasteiger partial charge in [-0.2, -0.15) is 13.9 Å². The van der Waals surface area contributed by atoms with Crippen LogP contribution in [0.5, 0.6) is 0 Å². The summed E-state index contributed by atoms with van der Waals surface area (Å²) in [5.74, 6) is 0. The monoisotopic (exact) mass is 325 g/mol. The molecule has 1 amide bonds. The van der Waals surface area contributed by atoms with Crippen LogP contribution in [0.25, 0.3) is 0 Å². The molecule has 0 aliphatic carbocycles. The van der Waals surface area contributed by atoms with Crippen LogP contribution in [-0.2, 0) is 6.54 Å². The molecule has 2 heterocycles. The van der Waals surface area contributed by atoms with Gasteiger partial charge in [-0.05, 0) is 17.7 Å². The minimum atomic E-state index is -1.57. The van der Waals surface area contributed by atoms with Crippen molar-refractivity contribution in [2.75, 3.05) is 0 Å². The molecule has 0 unspecified atom stereocenters. The zero-order chi connectivity index (χ0) is 16.4. The van der Waals surface area contributed by atoms with Crippen LogP contribution < -0.4 is 5.32 Å². The average molecular weight is 326 g/mol. The molecule has 1 aliphatic heterocycles. The Labute approximate surface area is 139 Å². The zero-order valence-corrected chi connectivity index (χ0v) is 15.2. The fraction of sp³-hybridized carbons (Fsp3) is 0.368. The van der Waals surface area contributed by atoms with Crippen LogP contribution in [0.3, 0.4) is 0 Å². The van der Waals surface area contributed by atoms with E-state index in [-0.39, 0.29) is 6.03 Å². The summed E-state index contributed by atoms with van der Waals surface area (Å²) in [6, 6.07) is 18.2. The molecule has 0 bridgehead atoms. The molecule has 0 saturated carbocycles. The van der Waals surface area contributed by atoms with E-state index in [1.165, 1.54) is 23.4 Å². The first kappa shape index (κ1) is 15.9. The summed E-state index contributed by atoms with van der Waals surface area (Å²) < 4.78 is 3.82. The molecule has 0 fully saturated rings. The van der Waals surface area contributed by atoms with Gasteiger partial charge in [0.25, 0.3) is 0 Å². The number of amides is 1. The SMILES string of the molecule is CC[Si](CC)(CC)c1ccc2n1C(=O)[N+](Cc1ccccc1)=C2. The number of fused-ring (bicyclic) bond motifs is 1. The van der Waals surface area contributed by atoms with Crippen molar-refractivity contribution < 1.29 is 9.37 Å². The predicted octanol–water partition coefficient (Wildman–Crippen LogP) is 3.82. The molecule has 1 aliphatic rings. The molecule has 0 saturated heterocycles. The van der Waals surface area contributed by atoms with Gasteiger partial charge in [0.05, 0.1) is 5.32 Å². The Morgan fingerprint density at radius 2 is 1.61 bits per heavy atom. The van der Waals surface area contributed by atoms with Crippen LogP contribution in [0.2, 0.25) is 18.1 Å². The van der Waals surface area contributed by atoms with Crippen molar-refractivity contribution in [2.45, 2.75) is 45.4 Å². The van der Waals surface area contributed by atoms with Crippen molar-refractivity contribution in [1.29, 1.82) is 0 Å². The van der Waals surface area contributed by atoms with Gasteiger partial charge >= 0.3 is 6.03 Å². The van der Waals surface area contributed by atoms with E-state index in [0.717, 1.165) is 11.3 Å². The highest BCUT2D eigenvalue weighted by molar-refractivity contribution is 6.91. The number of carbonyl (C=O) groups is 1. The second kappa shape index (κ2) is 6.28. The smallest absolute Gasteiger partial charge is 0.196 e. The van der Waals surface area contributed by atoms with E-state index in [4.69, 9.17) is 0 Å². The Bertz CT molecular complexity index is 734. The zero-order valence-electron chi connectivity index (χ0n) is 14.2. The van der Waals surface area contributed by atoms with Gasteiger partial charge < -0.3 is 0 Å². The Balaban J connectivity index is 1.94. The van der Waals surface area contributed by atoms with E-state index in [0.29, 0.717) is 6.54 Å². The third-order valence-electron chi connectivity index (χ3n) is 5.41. The van der Waals surface area contributed by atoms with Crippen molar-refractivity contribution in [1.82, 2.24) is 4.57 Å². The van der Waals surface area contributed by atoms with E-state index in [1.54, 1.807) is 0 Å². The van der Waals surface area contributed by atoms with E-state index in [1.807, 2.05) is 33.6 Å². The number of carbonyl (C=O) groups excluding carboxylic acids is 1. The van der Waals surface area contributed by atoms with Crippen LogP contribution in [0.1, 0.15) is 32.0 Å². The maximum Gasteiger partial charge on any atom is 0.503 e. The highest BCUT2D eigenvalue weighted by Gasteiger charge is 2.42. The second-order valence-electron chi connectivity index (χ2n) is 6.35. The summed E-state index contributed by atoms with van der Waals surface area (Å²) in [6.07, 6.45) is 2.00. The van der Waals surface area contributed by atoms with Gasteiger partial charge in [-0.25, -0.2) is 0 Å². The van der Waals surface area contributed by atoms with Crippen molar-refractivity contribution in [3.05, 3.63) is 53.7 Å². The highest BCUT2D eigenvalue weighted by atomic mass is 28.3. The lowest BCUT2D eigenvalue weighted by atomic mass is 10.2. The Morgan fingerprint density at radius 3 is 2.22 bits per heavy atom. The third kappa shape index (κ3) is 2.61. The summed E-state index contributed by atoms with van der Waals surface area (Å²) in [4.78, 5) is 13.0. The number of rotatable bonds is 6. The molecule has 3 nitrogen and oxygen atoms in total. The van der Waals surface area contributed by atoms with Gasteiger partial charge in [-0.1, -0.05) is 69.2 Å². The average Bonchev–Trinajstić information content (AvgIpc) is 3.13. The molecule has 4 heteroatoms. The Kier molecular flexibility index (Phi) is 4.35. The maximum atomic E-state index is 13.0. The molecule has 120 valence electrons. The Morgan fingerprint density at radius 1 is 0.957 bits per heavy atom. The summed E-state index contributed by atoms with van der Waals surface area (Å²) >= 11 is 0. The number of hydrogen-bond donors (Lipinski definition) is 0. The Hall–Kier alpha value is -1.94. The first-order valence-electron chi connectivity index (χ1n) is 8.57. The first-order valence-corrected chi connectivity index (χ1v) is 11.2. The molecular weight excluding hydrogens is 300 g/mol. The molecule has 1 aromatic heterocycles. The van der Waals surface area contributed by atoms with E-state index in [9.17, 15) is 4.79 Å². The summed E-state index contributed by atoms with van der Waals surface area (Å²) in [7, 11) is -1.57. The second-order valence-corrected chi connectivity index (χ2v) is 11.5. The van der Waals surface area contributed by atoms with Gasteiger partial charge in [-0.15, -0.1) is 0 Å². The molecule has 1 aromatic carbocycles. The van der Waals surface area contributed by atoms with Gasteiger partial charge in [0.2, 0.25) is 0 Å².